The Hall–Kier alpha value is -2.01. The highest BCUT2D eigenvalue weighted by molar-refractivity contribution is 5.95. The van der Waals surface area contributed by atoms with Crippen molar-refractivity contribution in [1.82, 2.24) is 10.6 Å². The number of rotatable bonds is 9. The Morgan fingerprint density at radius 1 is 1.36 bits per heavy atom. The molecule has 5 heteroatoms. The Bertz CT molecular complexity index is 515. The summed E-state index contributed by atoms with van der Waals surface area (Å²) in [5.41, 5.74) is 1.43. The van der Waals surface area contributed by atoms with Crippen LogP contribution < -0.4 is 20.1 Å². The van der Waals surface area contributed by atoms with E-state index in [0.717, 1.165) is 12.1 Å². The molecule has 1 rings (SSSR count). The molecule has 0 fully saturated rings. The van der Waals surface area contributed by atoms with Crippen molar-refractivity contribution in [3.8, 4) is 11.5 Å². The van der Waals surface area contributed by atoms with Crippen LogP contribution in [0.1, 0.15) is 29.8 Å². The molecule has 0 unspecified atom stereocenters. The van der Waals surface area contributed by atoms with Gasteiger partial charge >= 0.3 is 0 Å². The lowest BCUT2D eigenvalue weighted by atomic mass is 10.0. The molecule has 0 aliphatic carbocycles. The third kappa shape index (κ3) is 4.77. The summed E-state index contributed by atoms with van der Waals surface area (Å²) in [6.45, 7) is 9.24. The zero-order chi connectivity index (χ0) is 16.5. The van der Waals surface area contributed by atoms with Gasteiger partial charge in [0, 0.05) is 23.7 Å². The summed E-state index contributed by atoms with van der Waals surface area (Å²) in [6, 6.07) is 3.73. The summed E-state index contributed by atoms with van der Waals surface area (Å²) >= 11 is 0. The van der Waals surface area contributed by atoms with Crippen LogP contribution in [0.5, 0.6) is 11.5 Å². The topological polar surface area (TPSA) is 59.6 Å². The molecule has 122 valence electrons. The number of nitrogens with one attached hydrogen (secondary N) is 2. The van der Waals surface area contributed by atoms with Crippen molar-refractivity contribution in [2.24, 2.45) is 0 Å². The zero-order valence-electron chi connectivity index (χ0n) is 13.9. The Kier molecular flexibility index (Phi) is 7.46. The fraction of sp³-hybridized carbons (Fsp3) is 0.471. The van der Waals surface area contributed by atoms with Crippen LogP contribution in [0.25, 0.3) is 0 Å². The van der Waals surface area contributed by atoms with E-state index in [0.29, 0.717) is 30.0 Å². The maximum atomic E-state index is 12.3. The van der Waals surface area contributed by atoms with Gasteiger partial charge in [-0.15, -0.1) is 6.58 Å². The summed E-state index contributed by atoms with van der Waals surface area (Å²) in [7, 11) is 3.15. The zero-order valence-corrected chi connectivity index (χ0v) is 13.9. The summed E-state index contributed by atoms with van der Waals surface area (Å²) in [5.74, 6) is 1.06. The molecule has 0 bridgehead atoms. The minimum Gasteiger partial charge on any atom is -0.493 e. The summed E-state index contributed by atoms with van der Waals surface area (Å²) in [4.78, 5) is 12.3. The van der Waals surface area contributed by atoms with Gasteiger partial charge in [0.25, 0.3) is 5.91 Å². The van der Waals surface area contributed by atoms with Crippen LogP contribution in [0.4, 0.5) is 0 Å². The second-order valence-corrected chi connectivity index (χ2v) is 5.03. The molecule has 1 aromatic carbocycles. The molecule has 5 nitrogen and oxygen atoms in total. The van der Waals surface area contributed by atoms with Crippen LogP contribution in [0.3, 0.4) is 0 Å². The Balaban J connectivity index is 2.96. The van der Waals surface area contributed by atoms with Gasteiger partial charge in [-0.2, -0.15) is 0 Å². The standard InChI is InChI=1S/C17H26N2O3/c1-6-8-13-9-14(10-15(21-4)16(13)22-5)17(20)19-11-12(3)18-7-2/h6,9-10,12,18H,1,7-8,11H2,2-5H3,(H,19,20)/t12-/m1/s1. The van der Waals surface area contributed by atoms with Gasteiger partial charge in [-0.25, -0.2) is 0 Å². The molecular weight excluding hydrogens is 280 g/mol. The van der Waals surface area contributed by atoms with Crippen molar-refractivity contribution in [3.63, 3.8) is 0 Å². The third-order valence-corrected chi connectivity index (χ3v) is 3.30. The summed E-state index contributed by atoms with van der Waals surface area (Å²) in [6.07, 6.45) is 2.38. The first-order valence-electron chi connectivity index (χ1n) is 7.44. The lowest BCUT2D eigenvalue weighted by molar-refractivity contribution is 0.0949. The first-order chi connectivity index (χ1) is 10.6. The maximum Gasteiger partial charge on any atom is 0.251 e. The molecule has 1 atom stereocenters. The Morgan fingerprint density at radius 3 is 2.64 bits per heavy atom. The van der Waals surface area contributed by atoms with Gasteiger partial charge in [0.05, 0.1) is 14.2 Å². The third-order valence-electron chi connectivity index (χ3n) is 3.30. The van der Waals surface area contributed by atoms with Gasteiger partial charge in [-0.05, 0) is 32.0 Å². The lowest BCUT2D eigenvalue weighted by Crippen LogP contribution is -2.38. The largest absolute Gasteiger partial charge is 0.493 e. The minimum absolute atomic E-state index is 0.129. The van der Waals surface area contributed by atoms with Crippen molar-refractivity contribution in [2.45, 2.75) is 26.3 Å². The van der Waals surface area contributed by atoms with E-state index in [1.165, 1.54) is 0 Å². The molecule has 0 aromatic heterocycles. The van der Waals surface area contributed by atoms with E-state index in [-0.39, 0.29) is 11.9 Å². The molecule has 0 spiro atoms. The molecule has 0 radical (unpaired) electrons. The number of carbonyl (C=O) groups is 1. The van der Waals surface area contributed by atoms with E-state index in [1.807, 2.05) is 19.9 Å². The molecule has 0 saturated carbocycles. The second-order valence-electron chi connectivity index (χ2n) is 5.03. The molecule has 1 amide bonds. The minimum atomic E-state index is -0.129. The van der Waals surface area contributed by atoms with Crippen molar-refractivity contribution >= 4 is 5.91 Å². The van der Waals surface area contributed by atoms with E-state index in [2.05, 4.69) is 17.2 Å². The Labute approximate surface area is 132 Å². The number of ether oxygens (including phenoxy) is 2. The number of benzene rings is 1. The van der Waals surface area contributed by atoms with Crippen LogP contribution in [0, 0.1) is 0 Å². The molecule has 0 heterocycles. The van der Waals surface area contributed by atoms with Gasteiger partial charge in [-0.3, -0.25) is 4.79 Å². The molecule has 0 aliphatic rings. The van der Waals surface area contributed by atoms with Gasteiger partial charge in [-0.1, -0.05) is 13.0 Å². The molecule has 22 heavy (non-hydrogen) atoms. The monoisotopic (exact) mass is 306 g/mol. The molecule has 1 aromatic rings. The fourth-order valence-electron chi connectivity index (χ4n) is 2.25. The number of hydrogen-bond acceptors (Lipinski definition) is 4. The SMILES string of the molecule is C=CCc1cc(C(=O)NC[C@@H](C)NCC)cc(OC)c1OC. The normalized spacial score (nSPS) is 11.6. The highest BCUT2D eigenvalue weighted by Gasteiger charge is 2.16. The van der Waals surface area contributed by atoms with E-state index < -0.39 is 0 Å². The Morgan fingerprint density at radius 2 is 2.09 bits per heavy atom. The van der Waals surface area contributed by atoms with E-state index >= 15 is 0 Å². The number of methoxy groups -OCH3 is 2. The first kappa shape index (κ1) is 18.0. The number of carbonyl (C=O) groups excluding carboxylic acids is 1. The first-order valence-corrected chi connectivity index (χ1v) is 7.44. The summed E-state index contributed by atoms with van der Waals surface area (Å²) < 4.78 is 10.7. The number of hydrogen-bond donors (Lipinski definition) is 2. The van der Waals surface area contributed by atoms with Gasteiger partial charge < -0.3 is 20.1 Å². The van der Waals surface area contributed by atoms with Gasteiger partial charge in [0.15, 0.2) is 11.5 Å². The molecule has 0 aliphatic heterocycles. The van der Waals surface area contributed by atoms with Crippen LogP contribution in [-0.4, -0.2) is 39.3 Å². The number of likely N-dealkylation sites (N-methyl/N-ethyl adjacent to an activating group) is 1. The lowest BCUT2D eigenvalue weighted by Gasteiger charge is -2.16. The highest BCUT2D eigenvalue weighted by Crippen LogP contribution is 2.33. The maximum absolute atomic E-state index is 12.3. The number of allylic oxidation sites excluding steroid dienone is 1. The molecule has 0 saturated heterocycles. The highest BCUT2D eigenvalue weighted by atomic mass is 16.5. The smallest absolute Gasteiger partial charge is 0.251 e. The molecule has 2 N–H and O–H groups in total. The average Bonchev–Trinajstić information content (AvgIpc) is 2.52. The van der Waals surface area contributed by atoms with E-state index in [4.69, 9.17) is 9.47 Å². The van der Waals surface area contributed by atoms with Crippen molar-refractivity contribution in [1.29, 1.82) is 0 Å². The van der Waals surface area contributed by atoms with Gasteiger partial charge in [0.2, 0.25) is 0 Å². The molecular formula is C17H26N2O3. The van der Waals surface area contributed by atoms with Crippen LogP contribution in [-0.2, 0) is 6.42 Å². The van der Waals surface area contributed by atoms with Crippen LogP contribution >= 0.6 is 0 Å². The van der Waals surface area contributed by atoms with Crippen molar-refractivity contribution in [2.75, 3.05) is 27.3 Å². The van der Waals surface area contributed by atoms with Gasteiger partial charge in [0.1, 0.15) is 0 Å². The predicted molar refractivity (Wildman–Crippen MR) is 88.9 cm³/mol. The van der Waals surface area contributed by atoms with Crippen LogP contribution in [0.2, 0.25) is 0 Å². The quantitative estimate of drug-likeness (QED) is 0.686. The van der Waals surface area contributed by atoms with Crippen molar-refractivity contribution in [3.05, 3.63) is 35.9 Å². The van der Waals surface area contributed by atoms with E-state index in [1.54, 1.807) is 26.4 Å². The predicted octanol–water partition coefficient (Wildman–Crippen LogP) is 2.16. The summed E-state index contributed by atoms with van der Waals surface area (Å²) in [5, 5.41) is 6.17. The van der Waals surface area contributed by atoms with Crippen LogP contribution in [0.15, 0.2) is 24.8 Å². The number of amides is 1. The van der Waals surface area contributed by atoms with Crippen molar-refractivity contribution < 1.29 is 14.3 Å². The second kappa shape index (κ2) is 9.10. The fourth-order valence-corrected chi connectivity index (χ4v) is 2.25. The van der Waals surface area contributed by atoms with E-state index in [9.17, 15) is 4.79 Å². The average molecular weight is 306 g/mol.